The summed E-state index contributed by atoms with van der Waals surface area (Å²) in [6.07, 6.45) is 11.0. The Balaban J connectivity index is 0.000000150. The fourth-order valence-electron chi connectivity index (χ4n) is 18.4. The number of hydrogen-bond acceptors (Lipinski definition) is 13. The summed E-state index contributed by atoms with van der Waals surface area (Å²) < 4.78 is 5.33. The first-order valence-electron chi connectivity index (χ1n) is 48.0. The molecule has 0 unspecified atom stereocenters. The van der Waals surface area contributed by atoms with E-state index in [1.807, 2.05) is 80.6 Å². The number of anilines is 12. The van der Waals surface area contributed by atoms with Gasteiger partial charge in [0.05, 0.1) is 12.8 Å². The van der Waals surface area contributed by atoms with Gasteiger partial charge >= 0.3 is 0 Å². The molecule has 17 nitrogen and oxygen atoms in total. The third-order valence-electron chi connectivity index (χ3n) is 26.2. The number of aryl methyl sites for hydroxylation is 3. The summed E-state index contributed by atoms with van der Waals surface area (Å²) in [6.45, 7) is 26.7. The van der Waals surface area contributed by atoms with E-state index in [1.54, 1.807) is 7.11 Å². The number of carbonyl (C=O) groups excluding carboxylic acids is 4. The molecule has 16 rings (SSSR count). The molecule has 4 heterocycles. The minimum atomic E-state index is 0.0669. The molecular weight excluding hydrogens is 1630 g/mol. The summed E-state index contributed by atoms with van der Waals surface area (Å²) in [4.78, 5) is 70.1. The number of benzene rings is 12. The van der Waals surface area contributed by atoms with Crippen molar-refractivity contribution in [3.05, 3.63) is 356 Å². The van der Waals surface area contributed by atoms with Gasteiger partial charge in [0.25, 0.3) is 0 Å². The van der Waals surface area contributed by atoms with Crippen LogP contribution in [0.5, 0.6) is 5.75 Å². The van der Waals surface area contributed by atoms with E-state index in [9.17, 15) is 19.2 Å². The van der Waals surface area contributed by atoms with Crippen molar-refractivity contribution in [1.82, 2.24) is 19.6 Å². The van der Waals surface area contributed by atoms with E-state index < -0.39 is 0 Å². The third kappa shape index (κ3) is 30.7. The van der Waals surface area contributed by atoms with Crippen molar-refractivity contribution in [1.29, 1.82) is 0 Å². The lowest BCUT2D eigenvalue weighted by atomic mass is 9.93. The zero-order valence-corrected chi connectivity index (χ0v) is 78.6. The number of ether oxygens (including phenoxy) is 1. The fourth-order valence-corrected chi connectivity index (χ4v) is 18.4. The van der Waals surface area contributed by atoms with Gasteiger partial charge in [-0.1, -0.05) is 220 Å². The Morgan fingerprint density at radius 3 is 0.811 bits per heavy atom. The number of rotatable bonds is 34. The number of nitrogens with zero attached hydrogens (tertiary/aromatic N) is 8. The Bertz CT molecular complexity index is 5220. The van der Waals surface area contributed by atoms with Gasteiger partial charge in [-0.15, -0.1) is 0 Å². The van der Waals surface area contributed by atoms with Crippen molar-refractivity contribution in [3.8, 4) is 5.75 Å². The Labute approximate surface area is 786 Å². The molecule has 17 heteroatoms. The summed E-state index contributed by atoms with van der Waals surface area (Å²) >= 11 is 0. The lowest BCUT2D eigenvalue weighted by Crippen LogP contribution is -2.39. The SMILES string of the molecule is CC(C)c1ccccc1NC(=O)CC1CCN(CCN(c2ccccc2)c2ccccc2)CC1.COc1ccccc1NC(=O)CC1CCN(CCN(c2ccccc2)c2ccccc2)CC1.Cc1ccc(C)c(NC(=O)CC2CCN(CCN(c3ccccc3)c3ccccc3)CC2)c1.Cc1ccccc1NC(=O)CC1CCN(CCN(c2ccccc2)c2ccccc2)CC1. The van der Waals surface area contributed by atoms with Gasteiger partial charge in [-0.2, -0.15) is 0 Å². The molecule has 4 fully saturated rings. The average Bonchev–Trinajstić information content (AvgIpc) is 0.848. The highest BCUT2D eigenvalue weighted by atomic mass is 16.5. The number of methoxy groups -OCH3 is 1. The molecule has 132 heavy (non-hydrogen) atoms. The molecule has 4 amide bonds. The van der Waals surface area contributed by atoms with E-state index >= 15 is 0 Å². The molecule has 688 valence electrons. The smallest absolute Gasteiger partial charge is 0.224 e. The van der Waals surface area contributed by atoms with Crippen molar-refractivity contribution < 1.29 is 23.9 Å². The topological polar surface area (TPSA) is 152 Å². The van der Waals surface area contributed by atoms with Gasteiger partial charge in [-0.25, -0.2) is 0 Å². The quantitative estimate of drug-likeness (QED) is 0.0303. The maximum Gasteiger partial charge on any atom is 0.224 e. The van der Waals surface area contributed by atoms with Crippen LogP contribution in [0.1, 0.15) is 119 Å². The Kier molecular flexibility index (Phi) is 38.0. The lowest BCUT2D eigenvalue weighted by Gasteiger charge is -2.34. The summed E-state index contributed by atoms with van der Waals surface area (Å²) in [5.41, 5.74) is 17.9. The van der Waals surface area contributed by atoms with Crippen LogP contribution in [-0.2, 0) is 19.2 Å². The fraction of sp³-hybridized carbons (Fsp3) is 0.339. The minimum Gasteiger partial charge on any atom is -0.495 e. The molecule has 4 aliphatic rings. The van der Waals surface area contributed by atoms with Gasteiger partial charge in [0, 0.05) is 141 Å². The highest BCUT2D eigenvalue weighted by Crippen LogP contribution is 2.35. The summed E-state index contributed by atoms with van der Waals surface area (Å²) in [5, 5.41) is 12.4. The molecular formula is C115H138N12O5. The van der Waals surface area contributed by atoms with Crippen LogP contribution in [0.2, 0.25) is 0 Å². The van der Waals surface area contributed by atoms with Crippen LogP contribution in [0.4, 0.5) is 68.2 Å². The molecule has 4 aliphatic heterocycles. The molecule has 0 atom stereocenters. The first-order chi connectivity index (χ1) is 64.6. The molecule has 0 aliphatic carbocycles. The van der Waals surface area contributed by atoms with Crippen molar-refractivity contribution >= 4 is 91.9 Å². The second-order valence-corrected chi connectivity index (χ2v) is 36.0. The number of likely N-dealkylation sites (tertiary alicyclic amines) is 4. The standard InChI is InChI=1S/C30H37N3O.C29H35N3O.C28H33N3O2.C28H33N3O/c1-24(2)28-15-9-10-16-29(28)31-30(34)23-25-17-19-32(20-18-25)21-22-33(26-11-5-3-6-12-26)27-13-7-4-8-14-27;1-23-13-14-24(2)28(21-23)30-29(33)22-25-15-17-31(18-16-25)19-20-32(26-9-5-3-6-10-26)27-11-7-4-8-12-27;1-33-27-15-9-8-14-26(27)29-28(32)22-23-16-18-30(19-17-23)20-21-31(24-10-4-2-5-11-24)25-12-6-3-7-13-25;1-23-10-8-9-15-27(23)29-28(32)22-24-16-18-30(19-17-24)20-21-31(25-11-4-2-5-12-25)26-13-6-3-7-14-26/h3-16,24-25H,17-23H2,1-2H3,(H,31,34);3-14,21,25H,15-20,22H2,1-2H3,(H,30,33);2-15,23H,16-22H2,1H3,(H,29,32);2-15,24H,16-22H2,1H3,(H,29,32). The molecule has 0 aromatic heterocycles. The monoisotopic (exact) mass is 1770 g/mol. The first-order valence-corrected chi connectivity index (χ1v) is 48.0. The van der Waals surface area contributed by atoms with Gasteiger partial charge in [-0.05, 0) is 304 Å². The maximum absolute atomic E-state index is 12.7. The lowest BCUT2D eigenvalue weighted by molar-refractivity contribution is -0.118. The zero-order chi connectivity index (χ0) is 91.9. The Morgan fingerprint density at radius 2 is 0.523 bits per heavy atom. The summed E-state index contributed by atoms with van der Waals surface area (Å²) in [7, 11) is 1.62. The predicted molar refractivity (Wildman–Crippen MR) is 550 cm³/mol. The number of amides is 4. The molecule has 4 N–H and O–H groups in total. The largest absolute Gasteiger partial charge is 0.495 e. The molecule has 12 aromatic rings. The summed E-state index contributed by atoms with van der Waals surface area (Å²) in [5.74, 6) is 3.40. The first kappa shape index (κ1) is 96.9. The van der Waals surface area contributed by atoms with Crippen LogP contribution >= 0.6 is 0 Å². The molecule has 0 saturated carbocycles. The molecule has 0 bridgehead atoms. The second kappa shape index (κ2) is 51.8. The van der Waals surface area contributed by atoms with Crippen LogP contribution in [0.15, 0.2) is 334 Å². The minimum absolute atomic E-state index is 0.0669. The van der Waals surface area contributed by atoms with Crippen molar-refractivity contribution in [2.45, 2.75) is 118 Å². The number of para-hydroxylation sites is 12. The average molecular weight is 1770 g/mol. The van der Waals surface area contributed by atoms with Gasteiger partial charge in [0.2, 0.25) is 23.6 Å². The van der Waals surface area contributed by atoms with Crippen molar-refractivity contribution in [2.75, 3.05) is 153 Å². The third-order valence-corrected chi connectivity index (χ3v) is 26.2. The number of carbonyl (C=O) groups is 4. The van der Waals surface area contributed by atoms with Crippen LogP contribution < -0.4 is 45.6 Å². The van der Waals surface area contributed by atoms with Crippen LogP contribution in [-0.4, -0.2) is 155 Å². The number of piperidine rings is 4. The second-order valence-electron chi connectivity index (χ2n) is 36.0. The van der Waals surface area contributed by atoms with E-state index in [0.29, 0.717) is 61.0 Å². The summed E-state index contributed by atoms with van der Waals surface area (Å²) in [6, 6.07) is 115. The molecule has 0 radical (unpaired) electrons. The van der Waals surface area contributed by atoms with Gasteiger partial charge < -0.3 is 65.2 Å². The molecule has 0 spiro atoms. The predicted octanol–water partition coefficient (Wildman–Crippen LogP) is 24.3. The highest BCUT2D eigenvalue weighted by Gasteiger charge is 2.29. The van der Waals surface area contributed by atoms with Crippen molar-refractivity contribution in [2.24, 2.45) is 23.7 Å². The normalized spacial score (nSPS) is 14.7. The Morgan fingerprint density at radius 1 is 0.288 bits per heavy atom. The van der Waals surface area contributed by atoms with E-state index in [4.69, 9.17) is 4.74 Å². The van der Waals surface area contributed by atoms with Gasteiger partial charge in [0.15, 0.2) is 0 Å². The van der Waals surface area contributed by atoms with Crippen LogP contribution in [0.3, 0.4) is 0 Å². The maximum atomic E-state index is 12.7. The Hall–Kier alpha value is -12.6. The van der Waals surface area contributed by atoms with Gasteiger partial charge in [0.1, 0.15) is 5.75 Å². The molecule has 12 aromatic carbocycles. The van der Waals surface area contributed by atoms with Crippen LogP contribution in [0, 0.1) is 44.4 Å². The van der Waals surface area contributed by atoms with E-state index in [-0.39, 0.29) is 23.6 Å². The van der Waals surface area contributed by atoms with Crippen molar-refractivity contribution in [3.63, 3.8) is 0 Å². The van der Waals surface area contributed by atoms with Gasteiger partial charge in [-0.3, -0.25) is 19.2 Å². The van der Waals surface area contributed by atoms with E-state index in [1.165, 1.54) is 56.6 Å². The zero-order valence-electron chi connectivity index (χ0n) is 78.6. The molecule has 4 saturated heterocycles. The number of nitrogens with one attached hydrogen (secondary N) is 4. The number of hydrogen-bond donors (Lipinski definition) is 4. The van der Waals surface area contributed by atoms with E-state index in [2.05, 4.69) is 348 Å². The van der Waals surface area contributed by atoms with Crippen LogP contribution in [0.25, 0.3) is 0 Å². The highest BCUT2D eigenvalue weighted by molar-refractivity contribution is 5.94. The van der Waals surface area contributed by atoms with E-state index in [0.717, 1.165) is 190 Å².